The maximum absolute atomic E-state index is 10.9. The summed E-state index contributed by atoms with van der Waals surface area (Å²) >= 11 is 0.922. The van der Waals surface area contributed by atoms with Crippen molar-refractivity contribution in [1.82, 2.24) is 4.98 Å². The van der Waals surface area contributed by atoms with Gasteiger partial charge in [0.1, 0.15) is 0 Å². The molecule has 76 valence electrons. The van der Waals surface area contributed by atoms with Crippen molar-refractivity contribution in [2.45, 2.75) is 6.92 Å². The molecule has 1 aromatic rings. The number of aliphatic imine (C=N–C) groups is 1. The Morgan fingerprint density at radius 2 is 2.33 bits per heavy atom. The molecule has 4 nitrogen and oxygen atoms in total. The largest absolute Gasteiger partial charge is 0.492 e. The third-order valence-corrected chi connectivity index (χ3v) is 2.62. The molecule has 1 N–H and O–H groups in total. The number of nitrogens with zero attached hydrogens (tertiary/aromatic N) is 2. The first-order chi connectivity index (χ1) is 7.15. The fraction of sp³-hybridized carbons (Fsp3) is 0.100. The topological polar surface area (TPSA) is 62.5 Å². The van der Waals surface area contributed by atoms with E-state index in [-0.39, 0.29) is 11.1 Å². The Kier molecular flexibility index (Phi) is 2.55. The van der Waals surface area contributed by atoms with Gasteiger partial charge in [-0.05, 0) is 42.5 Å². The third-order valence-electron chi connectivity index (χ3n) is 1.83. The molecule has 0 atom stereocenters. The van der Waals surface area contributed by atoms with Crippen LogP contribution in [0.3, 0.4) is 0 Å². The summed E-state index contributed by atoms with van der Waals surface area (Å²) in [6.45, 7) is 1.88. The van der Waals surface area contributed by atoms with Crippen molar-refractivity contribution >= 4 is 29.0 Å². The minimum absolute atomic E-state index is 0.209. The Bertz CT molecular complexity index is 480. The number of rotatable bonds is 1. The van der Waals surface area contributed by atoms with Gasteiger partial charge in [-0.1, -0.05) is 0 Å². The summed E-state index contributed by atoms with van der Waals surface area (Å²) in [6.07, 6.45) is 3.39. The lowest BCUT2D eigenvalue weighted by Crippen LogP contribution is -1.91. The molecule has 1 aromatic heterocycles. The molecule has 0 bridgehead atoms. The number of hydrogen-bond donors (Lipinski definition) is 1. The first kappa shape index (κ1) is 9.92. The first-order valence-corrected chi connectivity index (χ1v) is 5.11. The predicted molar refractivity (Wildman–Crippen MR) is 60.0 cm³/mol. The first-order valence-electron chi connectivity index (χ1n) is 4.29. The van der Waals surface area contributed by atoms with E-state index in [1.807, 2.05) is 13.0 Å². The molecule has 0 saturated carbocycles. The van der Waals surface area contributed by atoms with Crippen LogP contribution in [-0.2, 0) is 0 Å². The zero-order chi connectivity index (χ0) is 10.8. The van der Waals surface area contributed by atoms with Gasteiger partial charge in [-0.3, -0.25) is 9.78 Å². The maximum atomic E-state index is 10.9. The molecule has 5 heteroatoms. The molecule has 0 unspecified atom stereocenters. The van der Waals surface area contributed by atoms with E-state index in [9.17, 15) is 9.90 Å². The number of pyridine rings is 1. The summed E-state index contributed by atoms with van der Waals surface area (Å²) in [6, 6.07) is 3.67. The summed E-state index contributed by atoms with van der Waals surface area (Å²) in [7, 11) is 0. The highest BCUT2D eigenvalue weighted by molar-refractivity contribution is 8.18. The Hall–Kier alpha value is -1.62. The summed E-state index contributed by atoms with van der Waals surface area (Å²) < 4.78 is 0. The van der Waals surface area contributed by atoms with Crippen LogP contribution in [0.5, 0.6) is 0 Å². The van der Waals surface area contributed by atoms with Gasteiger partial charge in [0.25, 0.3) is 0 Å². The average Bonchev–Trinajstić information content (AvgIpc) is 2.45. The lowest BCUT2D eigenvalue weighted by molar-refractivity contribution is 0.267. The van der Waals surface area contributed by atoms with Crippen molar-refractivity contribution in [3.63, 3.8) is 0 Å². The number of carbonyl (C=O) groups is 1. The van der Waals surface area contributed by atoms with Crippen LogP contribution >= 0.6 is 11.8 Å². The van der Waals surface area contributed by atoms with Crippen molar-refractivity contribution < 1.29 is 9.90 Å². The molecule has 0 radical (unpaired) electrons. The van der Waals surface area contributed by atoms with E-state index >= 15 is 0 Å². The van der Waals surface area contributed by atoms with Crippen molar-refractivity contribution in [3.8, 4) is 0 Å². The SMILES string of the molecule is Cc1cc(/C=C2/SC(=O)N=C2O)ccn1. The van der Waals surface area contributed by atoms with E-state index in [1.165, 1.54) is 0 Å². The summed E-state index contributed by atoms with van der Waals surface area (Å²) in [5.41, 5.74) is 1.77. The minimum Gasteiger partial charge on any atom is -0.492 e. The van der Waals surface area contributed by atoms with Gasteiger partial charge < -0.3 is 5.11 Å². The Morgan fingerprint density at radius 3 is 2.93 bits per heavy atom. The Labute approximate surface area is 90.8 Å². The Morgan fingerprint density at radius 1 is 1.53 bits per heavy atom. The zero-order valence-electron chi connectivity index (χ0n) is 7.97. The van der Waals surface area contributed by atoms with Crippen LogP contribution < -0.4 is 0 Å². The van der Waals surface area contributed by atoms with Gasteiger partial charge in [0.15, 0.2) is 0 Å². The van der Waals surface area contributed by atoms with Crippen LogP contribution in [0, 0.1) is 6.92 Å². The quantitative estimate of drug-likeness (QED) is 0.790. The highest BCUT2D eigenvalue weighted by Gasteiger charge is 2.20. The molecule has 15 heavy (non-hydrogen) atoms. The second-order valence-corrected chi connectivity index (χ2v) is 4.04. The molecule has 1 aliphatic rings. The fourth-order valence-electron chi connectivity index (χ4n) is 1.21. The van der Waals surface area contributed by atoms with E-state index in [2.05, 4.69) is 9.98 Å². The number of aliphatic hydroxyl groups excluding tert-OH is 1. The van der Waals surface area contributed by atoms with E-state index < -0.39 is 0 Å². The van der Waals surface area contributed by atoms with Gasteiger partial charge in [-0.2, -0.15) is 4.99 Å². The lowest BCUT2D eigenvalue weighted by Gasteiger charge is -1.97. The average molecular weight is 220 g/mol. The minimum atomic E-state index is -0.385. The summed E-state index contributed by atoms with van der Waals surface area (Å²) in [4.78, 5) is 18.8. The van der Waals surface area contributed by atoms with E-state index in [1.54, 1.807) is 18.3 Å². The van der Waals surface area contributed by atoms with Gasteiger partial charge in [-0.25, -0.2) is 0 Å². The second-order valence-electron chi connectivity index (χ2n) is 3.04. The van der Waals surface area contributed by atoms with Gasteiger partial charge >= 0.3 is 5.24 Å². The van der Waals surface area contributed by atoms with Gasteiger partial charge in [0, 0.05) is 11.9 Å². The molecule has 0 fully saturated rings. The second kappa shape index (κ2) is 3.86. The molecule has 1 amide bonds. The number of hydrogen-bond acceptors (Lipinski definition) is 3. The normalized spacial score (nSPS) is 18.3. The number of thioether (sulfide) groups is 1. The number of carbonyl (C=O) groups excluding carboxylic acids is 1. The van der Waals surface area contributed by atoms with E-state index in [4.69, 9.17) is 0 Å². The highest BCUT2D eigenvalue weighted by atomic mass is 32.2. The van der Waals surface area contributed by atoms with E-state index in [0.717, 1.165) is 23.0 Å². The molecule has 2 rings (SSSR count). The van der Waals surface area contributed by atoms with Crippen molar-refractivity contribution in [2.75, 3.05) is 0 Å². The van der Waals surface area contributed by atoms with Gasteiger partial charge in [-0.15, -0.1) is 0 Å². The van der Waals surface area contributed by atoms with Crippen LogP contribution in [0.15, 0.2) is 28.2 Å². The smallest absolute Gasteiger partial charge is 0.313 e. The molecule has 0 aromatic carbocycles. The van der Waals surface area contributed by atoms with Crippen LogP contribution in [0.25, 0.3) is 6.08 Å². The van der Waals surface area contributed by atoms with Crippen molar-refractivity contribution in [1.29, 1.82) is 0 Å². The summed E-state index contributed by atoms with van der Waals surface area (Å²) in [5, 5.41) is 8.93. The monoisotopic (exact) mass is 220 g/mol. The van der Waals surface area contributed by atoms with Gasteiger partial charge in [0.05, 0.1) is 4.91 Å². The highest BCUT2D eigenvalue weighted by Crippen LogP contribution is 2.27. The predicted octanol–water partition coefficient (Wildman–Crippen LogP) is 2.55. The number of amides is 1. The Balaban J connectivity index is 2.32. The molecule has 2 heterocycles. The molecular formula is C10H8N2O2S. The van der Waals surface area contributed by atoms with Crippen molar-refractivity contribution in [3.05, 3.63) is 34.5 Å². The zero-order valence-corrected chi connectivity index (χ0v) is 8.78. The molecule has 1 aliphatic heterocycles. The third kappa shape index (κ3) is 2.24. The van der Waals surface area contributed by atoms with Crippen LogP contribution in [0.1, 0.15) is 11.3 Å². The number of aromatic nitrogens is 1. The maximum Gasteiger partial charge on any atom is 0.313 e. The standard InChI is InChI=1S/C10H8N2O2S/c1-6-4-7(2-3-11-6)5-8-9(13)12-10(14)15-8/h2-5H,1H3,(H,12,13,14)/b8-5+. The van der Waals surface area contributed by atoms with Crippen molar-refractivity contribution in [2.24, 2.45) is 4.99 Å². The van der Waals surface area contributed by atoms with E-state index in [0.29, 0.717) is 4.91 Å². The molecule has 0 aliphatic carbocycles. The van der Waals surface area contributed by atoms with Crippen LogP contribution in [0.2, 0.25) is 0 Å². The lowest BCUT2D eigenvalue weighted by atomic mass is 10.2. The molecule has 0 spiro atoms. The summed E-state index contributed by atoms with van der Waals surface area (Å²) in [5.74, 6) is -0.209. The molecular weight excluding hydrogens is 212 g/mol. The van der Waals surface area contributed by atoms with Crippen LogP contribution in [-0.4, -0.2) is 21.2 Å². The fourth-order valence-corrected chi connectivity index (χ4v) is 1.86. The van der Waals surface area contributed by atoms with Crippen LogP contribution in [0.4, 0.5) is 4.79 Å². The number of aliphatic hydroxyl groups is 1. The number of aryl methyl sites for hydroxylation is 1. The van der Waals surface area contributed by atoms with Gasteiger partial charge in [0.2, 0.25) is 5.90 Å². The molecule has 0 saturated heterocycles.